The summed E-state index contributed by atoms with van der Waals surface area (Å²) in [5.74, 6) is -2.19. The Morgan fingerprint density at radius 2 is 1.95 bits per heavy atom. The van der Waals surface area contributed by atoms with Crippen LogP contribution in [0.1, 0.15) is 12.1 Å². The molecule has 0 spiro atoms. The predicted octanol–water partition coefficient (Wildman–Crippen LogP) is 5.34. The minimum atomic E-state index is -2.78. The molecule has 0 fully saturated rings. The van der Waals surface area contributed by atoms with Gasteiger partial charge in [0.25, 0.3) is 11.6 Å². The average Bonchev–Trinajstić information content (AvgIpc) is 3.24. The summed E-state index contributed by atoms with van der Waals surface area (Å²) >= 11 is 0. The number of anilines is 3. The third-order valence-electron chi connectivity index (χ3n) is 7.14. The molecule has 1 aliphatic heterocycles. The fraction of sp³-hybridized carbons (Fsp3) is 0.357. The van der Waals surface area contributed by atoms with Crippen molar-refractivity contribution in [3.05, 3.63) is 64.5 Å². The molecule has 0 atom stereocenters. The van der Waals surface area contributed by atoms with Gasteiger partial charge in [0.2, 0.25) is 5.95 Å². The van der Waals surface area contributed by atoms with Crippen molar-refractivity contribution in [1.82, 2.24) is 19.4 Å². The van der Waals surface area contributed by atoms with Gasteiger partial charge >= 0.3 is 0 Å². The normalized spacial score (nSPS) is 14.3. The number of likely N-dealkylation sites (N-methyl/N-ethyl adjacent to an activating group) is 2. The molecule has 12 heteroatoms. The zero-order valence-electron chi connectivity index (χ0n) is 22.8. The van der Waals surface area contributed by atoms with Gasteiger partial charge in [-0.2, -0.15) is 0 Å². The number of aromatic nitrogens is 3. The summed E-state index contributed by atoms with van der Waals surface area (Å²) in [6.45, 7) is 0.915. The Kier molecular flexibility index (Phi) is 7.28. The second-order valence-electron chi connectivity index (χ2n) is 10.2. The zero-order chi connectivity index (χ0) is 28.6. The van der Waals surface area contributed by atoms with Gasteiger partial charge in [-0.1, -0.05) is 18.2 Å². The molecule has 4 aromatic rings. The van der Waals surface area contributed by atoms with E-state index in [1.165, 1.54) is 13.2 Å². The third kappa shape index (κ3) is 5.26. The number of fused-ring (bicyclic) bond motifs is 3. The van der Waals surface area contributed by atoms with Gasteiger partial charge in [0.05, 0.1) is 30.0 Å². The van der Waals surface area contributed by atoms with Gasteiger partial charge in [-0.3, -0.25) is 10.1 Å². The van der Waals surface area contributed by atoms with Crippen LogP contribution in [0.25, 0.3) is 22.2 Å². The van der Waals surface area contributed by atoms with Crippen molar-refractivity contribution in [1.29, 1.82) is 0 Å². The number of alkyl halides is 2. The predicted molar refractivity (Wildman–Crippen MR) is 151 cm³/mol. The highest BCUT2D eigenvalue weighted by atomic mass is 19.3. The number of hydrogen-bond donors (Lipinski definition) is 1. The van der Waals surface area contributed by atoms with Crippen molar-refractivity contribution >= 4 is 33.9 Å². The molecule has 0 bridgehead atoms. The summed E-state index contributed by atoms with van der Waals surface area (Å²) in [5.41, 5.74) is 3.55. The Hall–Kier alpha value is -4.32. The molecule has 5 rings (SSSR count). The van der Waals surface area contributed by atoms with Crippen molar-refractivity contribution in [3.63, 3.8) is 0 Å². The number of nitro benzene ring substituents is 1. The molecule has 1 aliphatic rings. The number of halogens is 2. The van der Waals surface area contributed by atoms with Crippen LogP contribution in [0.4, 0.5) is 31.8 Å². The highest BCUT2D eigenvalue weighted by Gasteiger charge is 2.37. The number of methoxy groups -OCH3 is 1. The molecule has 40 heavy (non-hydrogen) atoms. The molecule has 10 nitrogen and oxygen atoms in total. The molecule has 0 radical (unpaired) electrons. The molecule has 3 heterocycles. The largest absolute Gasteiger partial charge is 0.494 e. The first kappa shape index (κ1) is 27.3. The maximum Gasteiger partial charge on any atom is 0.294 e. The molecule has 210 valence electrons. The molecular formula is C28H31F2N7O3. The van der Waals surface area contributed by atoms with Crippen molar-refractivity contribution in [2.75, 3.05) is 51.6 Å². The van der Waals surface area contributed by atoms with Crippen LogP contribution in [0.2, 0.25) is 0 Å². The summed E-state index contributed by atoms with van der Waals surface area (Å²) < 4.78 is 35.9. The summed E-state index contributed by atoms with van der Waals surface area (Å²) in [6, 6.07) is 12.2. The Morgan fingerprint density at radius 1 is 1.18 bits per heavy atom. The van der Waals surface area contributed by atoms with Crippen molar-refractivity contribution in [2.45, 2.75) is 25.3 Å². The number of hydrogen-bond acceptors (Lipinski definition) is 8. The van der Waals surface area contributed by atoms with Crippen LogP contribution < -0.4 is 15.0 Å². The van der Waals surface area contributed by atoms with Crippen LogP contribution in [0.15, 0.2) is 48.7 Å². The van der Waals surface area contributed by atoms with E-state index in [0.29, 0.717) is 35.9 Å². The number of para-hydroxylation sites is 1. The number of nitro groups is 1. The molecule has 0 saturated heterocycles. The van der Waals surface area contributed by atoms with Gasteiger partial charge < -0.3 is 24.4 Å². The molecule has 1 N–H and O–H groups in total. The topological polar surface area (TPSA) is 102 Å². The van der Waals surface area contributed by atoms with Crippen LogP contribution >= 0.6 is 0 Å². The monoisotopic (exact) mass is 551 g/mol. The first-order chi connectivity index (χ1) is 19.1. The van der Waals surface area contributed by atoms with E-state index in [2.05, 4.69) is 10.3 Å². The zero-order valence-corrected chi connectivity index (χ0v) is 22.8. The maximum absolute atomic E-state index is 14.3. The quantitative estimate of drug-likeness (QED) is 0.220. The van der Waals surface area contributed by atoms with Crippen molar-refractivity contribution in [3.8, 4) is 17.0 Å². The van der Waals surface area contributed by atoms with E-state index in [-0.39, 0.29) is 31.0 Å². The minimum Gasteiger partial charge on any atom is -0.494 e. The van der Waals surface area contributed by atoms with Crippen LogP contribution in [0.3, 0.4) is 0 Å². The lowest BCUT2D eigenvalue weighted by molar-refractivity contribution is -0.384. The smallest absolute Gasteiger partial charge is 0.294 e. The lowest BCUT2D eigenvalue weighted by Crippen LogP contribution is -2.30. The maximum atomic E-state index is 14.3. The number of nitrogens with zero attached hydrogens (tertiary/aromatic N) is 6. The van der Waals surface area contributed by atoms with Crippen molar-refractivity contribution in [2.24, 2.45) is 0 Å². The lowest BCUT2D eigenvalue weighted by atomic mass is 10.0. The lowest BCUT2D eigenvalue weighted by Gasteiger charge is -2.25. The minimum absolute atomic E-state index is 0.0888. The van der Waals surface area contributed by atoms with E-state index in [9.17, 15) is 18.9 Å². The first-order valence-corrected chi connectivity index (χ1v) is 12.9. The standard InChI is InChI=1S/C28H31F2N7O3/c1-34(2)13-14-35(3)23-16-25(40-4)20(15-24(23)37(38)39)33-27-31-12-10-19(32-27)26-18-7-5-6-8-21(18)36-17-28(29,30)11-9-22(26)36/h5-8,10,12,15-16H,9,11,13-14,17H2,1-4H3,(H,31,32,33). The summed E-state index contributed by atoms with van der Waals surface area (Å²) in [4.78, 5) is 24.4. The highest BCUT2D eigenvalue weighted by Crippen LogP contribution is 2.42. The highest BCUT2D eigenvalue weighted by molar-refractivity contribution is 5.97. The van der Waals surface area contributed by atoms with E-state index in [0.717, 1.165) is 22.2 Å². The molecule has 0 saturated carbocycles. The fourth-order valence-corrected chi connectivity index (χ4v) is 5.12. The van der Waals surface area contributed by atoms with E-state index >= 15 is 0 Å². The van der Waals surface area contributed by atoms with Gasteiger partial charge in [-0.25, -0.2) is 18.7 Å². The molecule has 2 aromatic carbocycles. The summed E-state index contributed by atoms with van der Waals surface area (Å²) in [7, 11) is 7.16. The van der Waals surface area contributed by atoms with E-state index < -0.39 is 10.8 Å². The second-order valence-corrected chi connectivity index (χ2v) is 10.2. The Bertz CT molecular complexity index is 1570. The third-order valence-corrected chi connectivity index (χ3v) is 7.14. The number of benzene rings is 2. The Balaban J connectivity index is 1.53. The van der Waals surface area contributed by atoms with Crippen LogP contribution in [0, 0.1) is 10.1 Å². The fourth-order valence-electron chi connectivity index (χ4n) is 5.12. The second kappa shape index (κ2) is 10.7. The molecule has 0 amide bonds. The van der Waals surface area contributed by atoms with Gasteiger partial charge in [0.1, 0.15) is 11.4 Å². The Labute approximate surface area is 230 Å². The molecule has 0 unspecified atom stereocenters. The van der Waals surface area contributed by atoms with Gasteiger partial charge in [-0.15, -0.1) is 0 Å². The summed E-state index contributed by atoms with van der Waals surface area (Å²) in [6.07, 6.45) is 1.56. The summed E-state index contributed by atoms with van der Waals surface area (Å²) in [5, 5.41) is 15.9. The Morgan fingerprint density at radius 3 is 2.67 bits per heavy atom. The van der Waals surface area contributed by atoms with Gasteiger partial charge in [-0.05, 0) is 32.6 Å². The molecular weight excluding hydrogens is 520 g/mol. The van der Waals surface area contributed by atoms with Crippen LogP contribution in [-0.4, -0.2) is 71.6 Å². The van der Waals surface area contributed by atoms with E-state index in [1.54, 1.807) is 29.9 Å². The van der Waals surface area contributed by atoms with E-state index in [4.69, 9.17) is 9.72 Å². The van der Waals surface area contributed by atoms with Crippen LogP contribution in [-0.2, 0) is 13.0 Å². The molecule has 2 aromatic heterocycles. The number of ether oxygens (including phenoxy) is 1. The van der Waals surface area contributed by atoms with Gasteiger partial charge in [0.15, 0.2) is 0 Å². The van der Waals surface area contributed by atoms with Crippen LogP contribution in [0.5, 0.6) is 5.75 Å². The SMILES string of the molecule is COc1cc(N(C)CCN(C)C)c([N+](=O)[O-])cc1Nc1nccc(-c2c3n(c4ccccc24)CC(F)(F)CC3)n1. The van der Waals surface area contributed by atoms with Crippen molar-refractivity contribution < 1.29 is 18.4 Å². The number of nitrogens with one attached hydrogen (secondary N) is 1. The number of rotatable bonds is 9. The van der Waals surface area contributed by atoms with E-state index in [1.807, 2.05) is 48.2 Å². The van der Waals surface area contributed by atoms with Gasteiger partial charge in [0, 0.05) is 67.0 Å². The molecule has 0 aliphatic carbocycles. The average molecular weight is 552 g/mol. The first-order valence-electron chi connectivity index (χ1n) is 12.9.